The number of thiophene rings is 1. The average Bonchev–Trinajstić information content (AvgIpc) is 3.30. The maximum absolute atomic E-state index is 13.3. The van der Waals surface area contributed by atoms with Gasteiger partial charge in [0, 0.05) is 17.5 Å². The van der Waals surface area contributed by atoms with E-state index in [0.717, 1.165) is 17.0 Å². The van der Waals surface area contributed by atoms with Crippen LogP contribution >= 0.6 is 23.1 Å². The van der Waals surface area contributed by atoms with Crippen LogP contribution in [0.5, 0.6) is 0 Å². The molecule has 0 radical (unpaired) electrons. The van der Waals surface area contributed by atoms with Crippen molar-refractivity contribution in [2.45, 2.75) is 58.4 Å². The second-order valence-electron chi connectivity index (χ2n) is 6.63. The molecular formula is C19H25N5O2S2. The van der Waals surface area contributed by atoms with Crippen molar-refractivity contribution in [3.05, 3.63) is 38.4 Å². The number of thioether (sulfide) groups is 1. The fourth-order valence-electron chi connectivity index (χ4n) is 2.87. The largest absolute Gasteiger partial charge is 0.353 e. The lowest BCUT2D eigenvalue weighted by molar-refractivity contribution is -0.119. The van der Waals surface area contributed by atoms with Crippen molar-refractivity contribution in [1.82, 2.24) is 24.6 Å². The molecule has 3 aromatic rings. The summed E-state index contributed by atoms with van der Waals surface area (Å²) in [6.45, 7) is 8.85. The van der Waals surface area contributed by atoms with Crippen molar-refractivity contribution in [2.24, 2.45) is 0 Å². The van der Waals surface area contributed by atoms with Crippen molar-refractivity contribution >= 4 is 40.0 Å². The average molecular weight is 420 g/mol. The number of hydrogen-bond donors (Lipinski definition) is 1. The van der Waals surface area contributed by atoms with Gasteiger partial charge in [-0.1, -0.05) is 24.8 Å². The number of nitrogens with zero attached hydrogens (tertiary/aromatic N) is 4. The fraction of sp³-hybridized carbons (Fsp3) is 0.474. The molecule has 0 aliphatic carbocycles. The molecule has 0 aliphatic heterocycles. The van der Waals surface area contributed by atoms with Gasteiger partial charge in [-0.15, -0.1) is 11.3 Å². The molecule has 0 aromatic carbocycles. The first kappa shape index (κ1) is 20.6. The van der Waals surface area contributed by atoms with Crippen molar-refractivity contribution in [2.75, 3.05) is 5.75 Å². The lowest BCUT2D eigenvalue weighted by Crippen LogP contribution is -2.33. The lowest BCUT2D eigenvalue weighted by Gasteiger charge is -2.13. The first-order chi connectivity index (χ1) is 13.4. The summed E-state index contributed by atoms with van der Waals surface area (Å²) < 4.78 is 3.36. The molecule has 1 atom stereocenters. The van der Waals surface area contributed by atoms with Crippen LogP contribution in [0, 0.1) is 6.92 Å². The van der Waals surface area contributed by atoms with Gasteiger partial charge in [-0.25, -0.2) is 4.98 Å². The second-order valence-corrected chi connectivity index (χ2v) is 8.60. The molecule has 0 saturated heterocycles. The third-order valence-electron chi connectivity index (χ3n) is 4.53. The quantitative estimate of drug-likeness (QED) is 0.448. The molecule has 28 heavy (non-hydrogen) atoms. The third kappa shape index (κ3) is 4.30. The summed E-state index contributed by atoms with van der Waals surface area (Å²) in [6.07, 6.45) is 0.874. The van der Waals surface area contributed by atoms with Crippen LogP contribution in [-0.2, 0) is 17.9 Å². The zero-order valence-corrected chi connectivity index (χ0v) is 18.2. The van der Waals surface area contributed by atoms with E-state index in [9.17, 15) is 9.59 Å². The molecule has 1 amide bonds. The van der Waals surface area contributed by atoms with E-state index in [1.807, 2.05) is 45.2 Å². The lowest BCUT2D eigenvalue weighted by atomic mass is 10.3. The van der Waals surface area contributed by atoms with Gasteiger partial charge in [0.1, 0.15) is 5.52 Å². The number of hydrogen-bond acceptors (Lipinski definition) is 6. The molecule has 3 aromatic heterocycles. The van der Waals surface area contributed by atoms with E-state index in [-0.39, 0.29) is 23.3 Å². The van der Waals surface area contributed by atoms with E-state index in [2.05, 4.69) is 10.4 Å². The summed E-state index contributed by atoms with van der Waals surface area (Å²) in [5.41, 5.74) is 1.73. The maximum Gasteiger partial charge on any atom is 0.280 e. The van der Waals surface area contributed by atoms with Gasteiger partial charge in [0.2, 0.25) is 5.91 Å². The van der Waals surface area contributed by atoms with Gasteiger partial charge in [0.25, 0.3) is 5.56 Å². The molecule has 0 bridgehead atoms. The Morgan fingerprint density at radius 3 is 2.82 bits per heavy atom. The zero-order valence-electron chi connectivity index (χ0n) is 16.6. The van der Waals surface area contributed by atoms with Crippen LogP contribution in [0.2, 0.25) is 0 Å². The standard InChI is InChI=1S/C19H25N5O2S2/c1-5-12(3)20-15(25)11-28-19-21-16-13(4)22-24(6-2)17(16)18(26)23(19)10-14-8-7-9-27-14/h7-9,12H,5-6,10-11H2,1-4H3,(H,20,25). The minimum Gasteiger partial charge on any atom is -0.353 e. The Labute approximate surface area is 172 Å². The number of carbonyl (C=O) groups excluding carboxylic acids is 1. The third-order valence-corrected chi connectivity index (χ3v) is 6.37. The zero-order chi connectivity index (χ0) is 20.3. The van der Waals surface area contributed by atoms with Gasteiger partial charge in [-0.3, -0.25) is 18.8 Å². The Balaban J connectivity index is 2.00. The van der Waals surface area contributed by atoms with E-state index in [0.29, 0.717) is 29.3 Å². The number of nitrogens with one attached hydrogen (secondary N) is 1. The van der Waals surface area contributed by atoms with Crippen LogP contribution < -0.4 is 10.9 Å². The molecule has 7 nitrogen and oxygen atoms in total. The predicted octanol–water partition coefficient (Wildman–Crippen LogP) is 3.04. The van der Waals surface area contributed by atoms with Gasteiger partial charge >= 0.3 is 0 Å². The fourth-order valence-corrected chi connectivity index (χ4v) is 4.37. The van der Waals surface area contributed by atoms with Crippen molar-refractivity contribution < 1.29 is 4.79 Å². The van der Waals surface area contributed by atoms with Gasteiger partial charge in [-0.05, 0) is 38.6 Å². The number of aromatic nitrogens is 4. The molecule has 9 heteroatoms. The predicted molar refractivity (Wildman–Crippen MR) is 114 cm³/mol. The van der Waals surface area contributed by atoms with Gasteiger partial charge < -0.3 is 5.32 Å². The molecule has 0 spiro atoms. The van der Waals surface area contributed by atoms with Crippen molar-refractivity contribution in [3.8, 4) is 0 Å². The summed E-state index contributed by atoms with van der Waals surface area (Å²) in [5, 5.41) is 9.93. The van der Waals surface area contributed by atoms with Gasteiger partial charge in [0.05, 0.1) is 18.0 Å². The molecule has 0 fully saturated rings. The van der Waals surface area contributed by atoms with Crippen molar-refractivity contribution in [1.29, 1.82) is 0 Å². The smallest absolute Gasteiger partial charge is 0.280 e. The molecule has 0 saturated carbocycles. The van der Waals surface area contributed by atoms with Crippen LogP contribution in [0.3, 0.4) is 0 Å². The van der Waals surface area contributed by atoms with E-state index < -0.39 is 0 Å². The molecule has 3 heterocycles. The van der Waals surface area contributed by atoms with E-state index >= 15 is 0 Å². The van der Waals surface area contributed by atoms with Crippen LogP contribution in [-0.4, -0.2) is 37.0 Å². The summed E-state index contributed by atoms with van der Waals surface area (Å²) in [4.78, 5) is 31.3. The Bertz CT molecular complexity index is 1020. The topological polar surface area (TPSA) is 81.8 Å². The Morgan fingerprint density at radius 1 is 1.39 bits per heavy atom. The molecule has 150 valence electrons. The Kier molecular flexibility index (Phi) is 6.56. The van der Waals surface area contributed by atoms with Crippen LogP contribution in [0.15, 0.2) is 27.5 Å². The highest BCUT2D eigenvalue weighted by molar-refractivity contribution is 7.99. The molecular weight excluding hydrogens is 394 g/mol. The normalized spacial score (nSPS) is 12.4. The number of fused-ring (bicyclic) bond motifs is 1. The van der Waals surface area contributed by atoms with E-state index in [1.165, 1.54) is 11.8 Å². The van der Waals surface area contributed by atoms with Gasteiger partial charge in [-0.2, -0.15) is 5.10 Å². The van der Waals surface area contributed by atoms with E-state index in [1.54, 1.807) is 20.6 Å². The van der Waals surface area contributed by atoms with Crippen molar-refractivity contribution in [3.63, 3.8) is 0 Å². The summed E-state index contributed by atoms with van der Waals surface area (Å²) in [7, 11) is 0. The number of amides is 1. The van der Waals surface area contributed by atoms with E-state index in [4.69, 9.17) is 4.98 Å². The minimum atomic E-state index is -0.120. The highest BCUT2D eigenvalue weighted by Gasteiger charge is 2.19. The molecule has 3 rings (SSSR count). The summed E-state index contributed by atoms with van der Waals surface area (Å²) in [6, 6.07) is 4.08. The van der Waals surface area contributed by atoms with Gasteiger partial charge in [0.15, 0.2) is 10.7 Å². The monoisotopic (exact) mass is 419 g/mol. The summed E-state index contributed by atoms with van der Waals surface area (Å²) in [5.74, 6) is 0.158. The number of rotatable bonds is 8. The van der Waals surface area contributed by atoms with Crippen LogP contribution in [0.25, 0.3) is 11.0 Å². The van der Waals surface area contributed by atoms with Crippen LogP contribution in [0.1, 0.15) is 37.8 Å². The Morgan fingerprint density at radius 2 is 2.18 bits per heavy atom. The number of carbonyl (C=O) groups is 1. The molecule has 1 N–H and O–H groups in total. The molecule has 0 aliphatic rings. The highest BCUT2D eigenvalue weighted by Crippen LogP contribution is 2.22. The second kappa shape index (κ2) is 8.91. The Hall–Kier alpha value is -2.13. The number of aryl methyl sites for hydroxylation is 2. The first-order valence-electron chi connectivity index (χ1n) is 9.37. The molecule has 1 unspecified atom stereocenters. The maximum atomic E-state index is 13.3. The van der Waals surface area contributed by atoms with Crippen LogP contribution in [0.4, 0.5) is 0 Å². The minimum absolute atomic E-state index is 0.0580. The highest BCUT2D eigenvalue weighted by atomic mass is 32.2. The first-order valence-corrected chi connectivity index (χ1v) is 11.2. The SMILES string of the molecule is CCC(C)NC(=O)CSc1nc2c(C)nn(CC)c2c(=O)n1Cc1cccs1. The summed E-state index contributed by atoms with van der Waals surface area (Å²) >= 11 is 2.88.